The van der Waals surface area contributed by atoms with Gasteiger partial charge in [-0.15, -0.1) is 0 Å². The van der Waals surface area contributed by atoms with Crippen molar-refractivity contribution in [2.24, 2.45) is 0 Å². The molecule has 0 aliphatic rings. The van der Waals surface area contributed by atoms with Crippen molar-refractivity contribution in [1.82, 2.24) is 0 Å². The van der Waals surface area contributed by atoms with E-state index in [2.05, 4.69) is 4.65 Å². The zero-order valence-corrected chi connectivity index (χ0v) is 6.07. The summed E-state index contributed by atoms with van der Waals surface area (Å²) in [6.45, 7) is 0. The first-order chi connectivity index (χ1) is 5.59. The van der Waals surface area contributed by atoms with Gasteiger partial charge in [0.2, 0.25) is 0 Å². The van der Waals surface area contributed by atoms with Crippen molar-refractivity contribution in [3.05, 3.63) is 24.0 Å². The monoisotopic (exact) mass is 171 g/mol. The summed E-state index contributed by atoms with van der Waals surface area (Å²) >= 11 is 0. The maximum Gasteiger partial charge on any atom is 0.707 e. The van der Waals surface area contributed by atoms with Gasteiger partial charge < -0.3 is 20.4 Å². The van der Waals surface area contributed by atoms with Crippen molar-refractivity contribution in [2.45, 2.75) is 0 Å². The maximum atomic E-state index is 12.4. The molecule has 0 radical (unpaired) electrons. The van der Waals surface area contributed by atoms with Gasteiger partial charge in [0.25, 0.3) is 0 Å². The van der Waals surface area contributed by atoms with E-state index in [-0.39, 0.29) is 11.4 Å². The van der Waals surface area contributed by atoms with Crippen LogP contribution in [0, 0.1) is 5.82 Å². The third-order valence-corrected chi connectivity index (χ3v) is 1.20. The predicted octanol–water partition coefficient (Wildman–Crippen LogP) is -0.244. The highest BCUT2D eigenvalue weighted by Gasteiger charge is 2.13. The van der Waals surface area contributed by atoms with Crippen molar-refractivity contribution in [3.63, 3.8) is 0 Å². The van der Waals surface area contributed by atoms with Crippen molar-refractivity contribution in [3.8, 4) is 5.75 Å². The highest BCUT2D eigenvalue weighted by Crippen LogP contribution is 2.21. The van der Waals surface area contributed by atoms with Gasteiger partial charge in [-0.25, -0.2) is 4.39 Å². The summed E-state index contributed by atoms with van der Waals surface area (Å²) in [5, 5.41) is 16.8. The number of hydrogen-bond donors (Lipinski definition) is 3. The molecule has 0 aliphatic carbocycles. The fourth-order valence-electron chi connectivity index (χ4n) is 0.740. The quantitative estimate of drug-likeness (QED) is 0.423. The van der Waals surface area contributed by atoms with Crippen LogP contribution in [-0.2, 0) is 0 Å². The van der Waals surface area contributed by atoms with Crippen LogP contribution in [0.15, 0.2) is 18.2 Å². The maximum absolute atomic E-state index is 12.4. The largest absolute Gasteiger partial charge is 0.707 e. The Labute approximate surface area is 68.6 Å². The van der Waals surface area contributed by atoms with Gasteiger partial charge in [0.05, 0.1) is 5.69 Å². The molecule has 0 aliphatic heterocycles. The van der Waals surface area contributed by atoms with Crippen molar-refractivity contribution >= 4 is 13.0 Å². The molecule has 0 aromatic heterocycles. The highest BCUT2D eigenvalue weighted by atomic mass is 19.1. The summed E-state index contributed by atoms with van der Waals surface area (Å²) in [4.78, 5) is 0. The number of rotatable bonds is 2. The molecular formula is C6H7BFNO3. The molecule has 0 unspecified atom stereocenters. The molecule has 4 nitrogen and oxygen atoms in total. The molecule has 0 fully saturated rings. The lowest BCUT2D eigenvalue weighted by Crippen LogP contribution is -2.21. The topological polar surface area (TPSA) is 75.7 Å². The SMILES string of the molecule is Nc1cc(F)ccc1OB(O)O. The summed E-state index contributed by atoms with van der Waals surface area (Å²) in [7, 11) is -1.95. The summed E-state index contributed by atoms with van der Waals surface area (Å²) in [5.74, 6) is -0.473. The van der Waals surface area contributed by atoms with E-state index in [0.29, 0.717) is 0 Å². The van der Waals surface area contributed by atoms with Crippen LogP contribution < -0.4 is 10.4 Å². The van der Waals surface area contributed by atoms with Crippen LogP contribution in [0.2, 0.25) is 0 Å². The lowest BCUT2D eigenvalue weighted by molar-refractivity contribution is 0.288. The summed E-state index contributed by atoms with van der Waals surface area (Å²) in [5.41, 5.74) is 5.30. The number of benzene rings is 1. The zero-order valence-electron chi connectivity index (χ0n) is 6.07. The van der Waals surface area contributed by atoms with Gasteiger partial charge in [-0.1, -0.05) is 0 Å². The van der Waals surface area contributed by atoms with E-state index in [9.17, 15) is 4.39 Å². The number of halogens is 1. The van der Waals surface area contributed by atoms with Gasteiger partial charge in [0.1, 0.15) is 11.6 Å². The number of anilines is 1. The molecule has 0 saturated carbocycles. The lowest BCUT2D eigenvalue weighted by Gasteiger charge is -2.06. The van der Waals surface area contributed by atoms with Crippen LogP contribution in [0.5, 0.6) is 5.75 Å². The molecule has 1 rings (SSSR count). The van der Waals surface area contributed by atoms with Crippen molar-refractivity contribution < 1.29 is 19.1 Å². The van der Waals surface area contributed by atoms with E-state index in [1.807, 2.05) is 0 Å². The Morgan fingerprint density at radius 3 is 2.58 bits per heavy atom. The molecule has 0 saturated heterocycles. The molecule has 0 atom stereocenters. The molecule has 0 bridgehead atoms. The normalized spacial score (nSPS) is 9.58. The minimum Gasteiger partial charge on any atom is -0.510 e. The van der Waals surface area contributed by atoms with Crippen LogP contribution >= 0.6 is 0 Å². The van der Waals surface area contributed by atoms with Gasteiger partial charge in [0.15, 0.2) is 0 Å². The molecule has 0 amide bonds. The van der Waals surface area contributed by atoms with Crippen molar-refractivity contribution in [2.75, 3.05) is 5.73 Å². The Hall–Kier alpha value is -1.27. The third-order valence-electron chi connectivity index (χ3n) is 1.20. The predicted molar refractivity (Wildman–Crippen MR) is 41.6 cm³/mol. The summed E-state index contributed by atoms with van der Waals surface area (Å²) in [6.07, 6.45) is 0. The molecule has 1 aromatic carbocycles. The lowest BCUT2D eigenvalue weighted by atomic mass is 10.2. The van der Waals surface area contributed by atoms with Crippen molar-refractivity contribution in [1.29, 1.82) is 0 Å². The zero-order chi connectivity index (χ0) is 9.14. The van der Waals surface area contributed by atoms with Gasteiger partial charge in [-0.3, -0.25) is 0 Å². The van der Waals surface area contributed by atoms with Crippen LogP contribution in [0.3, 0.4) is 0 Å². The number of nitrogens with two attached hydrogens (primary N) is 1. The minimum absolute atomic E-state index is 0.0168. The summed E-state index contributed by atoms with van der Waals surface area (Å²) in [6, 6.07) is 3.34. The van der Waals surface area contributed by atoms with E-state index in [1.54, 1.807) is 0 Å². The molecule has 0 spiro atoms. The first kappa shape index (κ1) is 8.83. The van der Waals surface area contributed by atoms with Crippen LogP contribution in [0.1, 0.15) is 0 Å². The second-order valence-electron chi connectivity index (χ2n) is 2.13. The second-order valence-corrected chi connectivity index (χ2v) is 2.13. The Balaban J connectivity index is 2.86. The Kier molecular flexibility index (Phi) is 2.52. The van der Waals surface area contributed by atoms with Crippen LogP contribution in [0.4, 0.5) is 10.1 Å². The van der Waals surface area contributed by atoms with Gasteiger partial charge in [-0.2, -0.15) is 0 Å². The first-order valence-corrected chi connectivity index (χ1v) is 3.17. The van der Waals surface area contributed by atoms with Crippen LogP contribution in [0.25, 0.3) is 0 Å². The third kappa shape index (κ3) is 2.11. The molecule has 6 heteroatoms. The number of hydrogen-bond acceptors (Lipinski definition) is 4. The van der Waals surface area contributed by atoms with E-state index in [1.165, 1.54) is 6.07 Å². The Morgan fingerprint density at radius 1 is 1.42 bits per heavy atom. The van der Waals surface area contributed by atoms with E-state index in [4.69, 9.17) is 15.8 Å². The van der Waals surface area contributed by atoms with Crippen LogP contribution in [-0.4, -0.2) is 17.4 Å². The smallest absolute Gasteiger partial charge is 0.510 e. The molecule has 4 N–H and O–H groups in total. The van der Waals surface area contributed by atoms with E-state index < -0.39 is 13.1 Å². The average Bonchev–Trinajstić information content (AvgIpc) is 1.94. The second kappa shape index (κ2) is 3.42. The summed E-state index contributed by atoms with van der Waals surface area (Å²) < 4.78 is 16.8. The van der Waals surface area contributed by atoms with E-state index >= 15 is 0 Å². The standard InChI is InChI=1S/C6H7BFNO3/c8-4-1-2-6(5(9)3-4)12-7(10)11/h1-3,10-11H,9H2. The first-order valence-electron chi connectivity index (χ1n) is 3.17. The highest BCUT2D eigenvalue weighted by molar-refractivity contribution is 6.33. The molecular weight excluding hydrogens is 164 g/mol. The molecule has 12 heavy (non-hydrogen) atoms. The fraction of sp³-hybridized carbons (Fsp3) is 0. The van der Waals surface area contributed by atoms with Gasteiger partial charge >= 0.3 is 7.32 Å². The minimum atomic E-state index is -1.95. The molecule has 1 aromatic rings. The Bertz CT molecular complexity index is 281. The van der Waals surface area contributed by atoms with E-state index in [0.717, 1.165) is 12.1 Å². The van der Waals surface area contributed by atoms with Gasteiger partial charge in [-0.05, 0) is 12.1 Å². The Morgan fingerprint density at radius 2 is 2.08 bits per heavy atom. The number of nitrogen functional groups attached to an aromatic ring is 1. The molecule has 0 heterocycles. The molecule has 64 valence electrons. The average molecular weight is 171 g/mol. The van der Waals surface area contributed by atoms with Gasteiger partial charge in [0, 0.05) is 6.07 Å². The fourth-order valence-corrected chi connectivity index (χ4v) is 0.740.